The second-order valence-corrected chi connectivity index (χ2v) is 9.20. The molecular weight excluding hydrogens is 360 g/mol. The molecule has 0 N–H and O–H groups in total. The molecule has 1 fully saturated rings. The van der Waals surface area contributed by atoms with Crippen LogP contribution in [0.4, 0.5) is 0 Å². The largest absolute Gasteiger partial charge is 0.103 e. The number of hydrogen-bond donors (Lipinski definition) is 0. The standard InChI is InChI=1S/C30H38/c1-3-4-5-6-7-8-26-13-15-28(16-14-26)19-20-30-23-21-29(22-24-30)18-17-27-11-9-25(2)10-12-27/h3,13-16,21-25,27H,1,4-12,17-18H2,2H3. The van der Waals surface area contributed by atoms with Crippen molar-refractivity contribution in [1.82, 2.24) is 0 Å². The van der Waals surface area contributed by atoms with Crippen molar-refractivity contribution in [2.45, 2.75) is 77.6 Å². The Labute approximate surface area is 184 Å². The van der Waals surface area contributed by atoms with E-state index in [-0.39, 0.29) is 0 Å². The normalized spacial score (nSPS) is 18.4. The Morgan fingerprint density at radius 1 is 0.767 bits per heavy atom. The Bertz CT molecular complexity index is 805. The topological polar surface area (TPSA) is 0 Å². The highest BCUT2D eigenvalue weighted by Gasteiger charge is 2.17. The molecule has 0 bridgehead atoms. The van der Waals surface area contributed by atoms with Crippen LogP contribution in [0.25, 0.3) is 0 Å². The maximum Gasteiger partial charge on any atom is 0.0249 e. The zero-order valence-electron chi connectivity index (χ0n) is 18.8. The summed E-state index contributed by atoms with van der Waals surface area (Å²) in [4.78, 5) is 0. The van der Waals surface area contributed by atoms with Crippen LogP contribution in [0.2, 0.25) is 0 Å². The molecule has 0 spiro atoms. The monoisotopic (exact) mass is 398 g/mol. The van der Waals surface area contributed by atoms with Gasteiger partial charge in [0.2, 0.25) is 0 Å². The molecule has 1 aliphatic rings. The van der Waals surface area contributed by atoms with E-state index >= 15 is 0 Å². The third-order valence-electron chi connectivity index (χ3n) is 6.61. The Hall–Kier alpha value is -2.26. The van der Waals surface area contributed by atoms with Crippen molar-refractivity contribution >= 4 is 0 Å². The molecular formula is C30H38. The van der Waals surface area contributed by atoms with E-state index in [1.54, 1.807) is 0 Å². The van der Waals surface area contributed by atoms with Gasteiger partial charge in [0.1, 0.15) is 0 Å². The van der Waals surface area contributed by atoms with Gasteiger partial charge < -0.3 is 0 Å². The Morgan fingerprint density at radius 2 is 1.33 bits per heavy atom. The summed E-state index contributed by atoms with van der Waals surface area (Å²) in [6.45, 7) is 6.18. The van der Waals surface area contributed by atoms with Crippen LogP contribution in [-0.4, -0.2) is 0 Å². The first-order valence-corrected chi connectivity index (χ1v) is 12.0. The van der Waals surface area contributed by atoms with Crippen molar-refractivity contribution in [2.75, 3.05) is 0 Å². The Morgan fingerprint density at radius 3 is 1.90 bits per heavy atom. The minimum atomic E-state index is 0.941. The maximum atomic E-state index is 3.78. The molecule has 0 aromatic heterocycles. The fraction of sp³-hybridized carbons (Fsp3) is 0.467. The van der Waals surface area contributed by atoms with E-state index < -0.39 is 0 Å². The molecule has 0 radical (unpaired) electrons. The third kappa shape index (κ3) is 7.87. The number of hydrogen-bond acceptors (Lipinski definition) is 0. The van der Waals surface area contributed by atoms with Crippen LogP contribution >= 0.6 is 0 Å². The molecule has 30 heavy (non-hydrogen) atoms. The molecule has 1 aliphatic carbocycles. The fourth-order valence-electron chi connectivity index (χ4n) is 4.44. The molecule has 158 valence electrons. The first-order chi connectivity index (χ1) is 14.7. The second-order valence-electron chi connectivity index (χ2n) is 9.20. The molecule has 3 rings (SSSR count). The van der Waals surface area contributed by atoms with Gasteiger partial charge in [-0.15, -0.1) is 6.58 Å². The minimum Gasteiger partial charge on any atom is -0.103 e. The lowest BCUT2D eigenvalue weighted by Gasteiger charge is -2.26. The zero-order chi connectivity index (χ0) is 21.0. The summed E-state index contributed by atoms with van der Waals surface area (Å²) in [7, 11) is 0. The van der Waals surface area contributed by atoms with Crippen molar-refractivity contribution in [3.63, 3.8) is 0 Å². The molecule has 2 aromatic carbocycles. The number of unbranched alkanes of at least 4 members (excludes halogenated alkanes) is 3. The van der Waals surface area contributed by atoms with Gasteiger partial charge in [-0.3, -0.25) is 0 Å². The van der Waals surface area contributed by atoms with Crippen LogP contribution in [0, 0.1) is 23.7 Å². The third-order valence-corrected chi connectivity index (χ3v) is 6.61. The van der Waals surface area contributed by atoms with E-state index in [9.17, 15) is 0 Å². The fourth-order valence-corrected chi connectivity index (χ4v) is 4.44. The second kappa shape index (κ2) is 12.4. The molecule has 0 unspecified atom stereocenters. The smallest absolute Gasteiger partial charge is 0.0249 e. The zero-order valence-corrected chi connectivity index (χ0v) is 18.8. The number of aryl methyl sites for hydroxylation is 2. The lowest BCUT2D eigenvalue weighted by Crippen LogP contribution is -2.12. The van der Waals surface area contributed by atoms with Gasteiger partial charge in [0.05, 0.1) is 0 Å². The van der Waals surface area contributed by atoms with Crippen LogP contribution in [0.3, 0.4) is 0 Å². The van der Waals surface area contributed by atoms with Crippen molar-refractivity contribution < 1.29 is 0 Å². The van der Waals surface area contributed by atoms with Crippen LogP contribution < -0.4 is 0 Å². The summed E-state index contributed by atoms with van der Waals surface area (Å²) in [6, 6.07) is 17.7. The van der Waals surface area contributed by atoms with Crippen LogP contribution in [0.1, 0.15) is 87.0 Å². The van der Waals surface area contributed by atoms with Gasteiger partial charge >= 0.3 is 0 Å². The molecule has 0 heterocycles. The van der Waals surface area contributed by atoms with Crippen LogP contribution in [0.5, 0.6) is 0 Å². The van der Waals surface area contributed by atoms with Crippen LogP contribution in [0.15, 0.2) is 61.2 Å². The first-order valence-electron chi connectivity index (χ1n) is 12.0. The first kappa shape index (κ1) is 22.4. The molecule has 0 heteroatoms. The molecule has 2 aromatic rings. The van der Waals surface area contributed by atoms with Crippen molar-refractivity contribution in [3.8, 4) is 11.8 Å². The van der Waals surface area contributed by atoms with E-state index in [0.717, 1.165) is 35.8 Å². The number of allylic oxidation sites excluding steroid dienone is 1. The average molecular weight is 399 g/mol. The predicted molar refractivity (Wildman–Crippen MR) is 131 cm³/mol. The molecule has 0 atom stereocenters. The average Bonchev–Trinajstić information content (AvgIpc) is 2.79. The summed E-state index contributed by atoms with van der Waals surface area (Å²) in [5.74, 6) is 8.53. The SMILES string of the molecule is C=CCCCCCc1ccc(C#Cc2ccc(CCC3CCC(C)CC3)cc2)cc1. The van der Waals surface area contributed by atoms with Gasteiger partial charge in [0.15, 0.2) is 0 Å². The van der Waals surface area contributed by atoms with Crippen LogP contribution in [-0.2, 0) is 12.8 Å². The van der Waals surface area contributed by atoms with E-state index in [4.69, 9.17) is 0 Å². The summed E-state index contributed by atoms with van der Waals surface area (Å²) in [5, 5.41) is 0. The summed E-state index contributed by atoms with van der Waals surface area (Å²) < 4.78 is 0. The molecule has 1 saturated carbocycles. The molecule has 0 saturated heterocycles. The van der Waals surface area contributed by atoms with Gasteiger partial charge in [-0.2, -0.15) is 0 Å². The summed E-state index contributed by atoms with van der Waals surface area (Å²) in [5.41, 5.74) is 5.07. The number of rotatable bonds is 9. The highest BCUT2D eigenvalue weighted by molar-refractivity contribution is 5.44. The van der Waals surface area contributed by atoms with E-state index in [0.29, 0.717) is 0 Å². The Kier molecular flexibility index (Phi) is 9.30. The van der Waals surface area contributed by atoms with E-state index in [2.05, 4.69) is 73.9 Å². The van der Waals surface area contributed by atoms with Gasteiger partial charge in [0.25, 0.3) is 0 Å². The van der Waals surface area contributed by atoms with Gasteiger partial charge in [-0.1, -0.05) is 81.2 Å². The summed E-state index contributed by atoms with van der Waals surface area (Å²) in [6.07, 6.45) is 16.4. The van der Waals surface area contributed by atoms with Crippen molar-refractivity contribution in [1.29, 1.82) is 0 Å². The summed E-state index contributed by atoms with van der Waals surface area (Å²) >= 11 is 0. The number of benzene rings is 2. The maximum absolute atomic E-state index is 3.78. The van der Waals surface area contributed by atoms with Crippen molar-refractivity contribution in [2.24, 2.45) is 11.8 Å². The molecule has 0 amide bonds. The van der Waals surface area contributed by atoms with Gasteiger partial charge in [-0.05, 0) is 85.8 Å². The van der Waals surface area contributed by atoms with Gasteiger partial charge in [-0.25, -0.2) is 0 Å². The Balaban J connectivity index is 1.43. The quantitative estimate of drug-likeness (QED) is 0.227. The van der Waals surface area contributed by atoms with Crippen molar-refractivity contribution in [3.05, 3.63) is 83.4 Å². The lowest BCUT2D eigenvalue weighted by molar-refractivity contribution is 0.278. The highest BCUT2D eigenvalue weighted by Crippen LogP contribution is 2.31. The highest BCUT2D eigenvalue weighted by atomic mass is 14.2. The van der Waals surface area contributed by atoms with Gasteiger partial charge in [0, 0.05) is 11.1 Å². The minimum absolute atomic E-state index is 0.941. The molecule has 0 nitrogen and oxygen atoms in total. The molecule has 0 aliphatic heterocycles. The van der Waals surface area contributed by atoms with E-state index in [1.165, 1.54) is 68.9 Å². The predicted octanol–water partition coefficient (Wildman–Crippen LogP) is 8.13. The van der Waals surface area contributed by atoms with E-state index in [1.807, 2.05) is 6.08 Å². The lowest BCUT2D eigenvalue weighted by atomic mass is 9.80.